The van der Waals surface area contributed by atoms with E-state index in [0.717, 1.165) is 31.4 Å². The molecular weight excluding hydrogens is 582 g/mol. The molecule has 1 aromatic rings. The molecule has 0 aromatic heterocycles. The second kappa shape index (κ2) is 30.7. The summed E-state index contributed by atoms with van der Waals surface area (Å²) < 4.78 is 16.4. The minimum Gasteiger partial charge on any atom is -0.496 e. The molecule has 5 heteroatoms. The maximum absolute atomic E-state index is 8.70. The van der Waals surface area contributed by atoms with Crippen molar-refractivity contribution in [3.8, 4) is 142 Å². The molecule has 1 aromatic carbocycles. The molecule has 0 saturated heterocycles. The number of hydrogen-bond acceptors (Lipinski definition) is 5. The lowest BCUT2D eigenvalue weighted by Gasteiger charge is -2.09. The van der Waals surface area contributed by atoms with Crippen molar-refractivity contribution in [2.45, 2.75) is 64.2 Å². The molecule has 5 nitrogen and oxygen atoms in total. The molecule has 47 heavy (non-hydrogen) atoms. The predicted molar refractivity (Wildman–Crippen MR) is 187 cm³/mol. The summed E-state index contributed by atoms with van der Waals surface area (Å²) in [6.07, 6.45) is 20.6. The first kappa shape index (κ1) is 38.3. The van der Waals surface area contributed by atoms with Crippen molar-refractivity contribution in [3.63, 3.8) is 0 Å². The first-order valence-electron chi connectivity index (χ1n) is 14.9. The molecule has 0 spiro atoms. The number of terminal acetylenes is 1. The summed E-state index contributed by atoms with van der Waals surface area (Å²) in [7, 11) is 1.58. The molecule has 0 fully saturated rings. The second-order valence-electron chi connectivity index (χ2n) is 9.00. The summed E-state index contributed by atoms with van der Waals surface area (Å²) in [5.41, 5.74) is 0.699. The van der Waals surface area contributed by atoms with E-state index < -0.39 is 0 Å². The van der Waals surface area contributed by atoms with Crippen LogP contribution in [0.4, 0.5) is 0 Å². The fourth-order valence-corrected chi connectivity index (χ4v) is 3.51. The average Bonchev–Trinajstić information content (AvgIpc) is 3.09. The van der Waals surface area contributed by atoms with Crippen molar-refractivity contribution < 1.29 is 19.4 Å². The summed E-state index contributed by atoms with van der Waals surface area (Å²) >= 11 is 0. The first-order valence-corrected chi connectivity index (χ1v) is 14.9. The van der Waals surface area contributed by atoms with Gasteiger partial charge in [0.15, 0.2) is 0 Å². The molecule has 0 radical (unpaired) electrons. The third-order valence-electron chi connectivity index (χ3n) is 5.63. The zero-order valence-electron chi connectivity index (χ0n) is 26.5. The minimum absolute atomic E-state index is 0.598. The van der Waals surface area contributed by atoms with Gasteiger partial charge in [-0.05, 0) is 72.3 Å². The van der Waals surface area contributed by atoms with Crippen LogP contribution in [0.15, 0.2) is 23.4 Å². The molecular formula is C42H33NO4. The van der Waals surface area contributed by atoms with Gasteiger partial charge in [-0.1, -0.05) is 56.5 Å². The number of oxime groups is 1. The molecule has 0 unspecified atom stereocenters. The zero-order chi connectivity index (χ0) is 33.7. The fourth-order valence-electron chi connectivity index (χ4n) is 3.51. The van der Waals surface area contributed by atoms with Crippen LogP contribution in [0.25, 0.3) is 0 Å². The third kappa shape index (κ3) is 24.4. The van der Waals surface area contributed by atoms with Crippen molar-refractivity contribution in [2.75, 3.05) is 20.3 Å². The quantitative estimate of drug-likeness (QED) is 0.0887. The number of methoxy groups -OCH3 is 1. The first-order chi connectivity index (χ1) is 23.3. The van der Waals surface area contributed by atoms with Crippen LogP contribution < -0.4 is 9.47 Å². The number of nitrogens with zero attached hydrogens (tertiary/aromatic N) is 1. The van der Waals surface area contributed by atoms with Gasteiger partial charge in [0, 0.05) is 82.7 Å². The molecule has 0 aliphatic rings. The number of rotatable bonds is 16. The van der Waals surface area contributed by atoms with Crippen molar-refractivity contribution in [1.29, 1.82) is 0 Å². The smallest absolute Gasteiger partial charge is 0.131 e. The standard InChI is InChI=1S/C42H33NO4/c1-3-4-5-6-7-8-9-10-11-12-13-14-15-16-17-18-21-24-27-30-35-46-36-31-28-25-22-19-20-23-26-29-32-37-47-41-34-33-40(39-43-44)42(38-41)45-2/h1,33-34,38-39,44H,19-20,22-23,25-26,28-29,31-32,36-37H2,2H3. The monoisotopic (exact) mass is 615 g/mol. The highest BCUT2D eigenvalue weighted by Gasteiger charge is 2.03. The minimum atomic E-state index is 0.598. The predicted octanol–water partition coefficient (Wildman–Crippen LogP) is 5.42. The SMILES string of the molecule is C#CC#CC#CC#CC#CC#CC#CC#CC#CC#CC#COCCCCCCCCCCCCOc1ccc(C=NO)c(OC)c1. The van der Waals surface area contributed by atoms with E-state index in [4.69, 9.17) is 25.8 Å². The molecule has 0 aliphatic carbocycles. The normalized spacial score (nSPS) is 7.83. The molecule has 0 saturated carbocycles. The molecule has 0 atom stereocenters. The third-order valence-corrected chi connectivity index (χ3v) is 5.63. The lowest BCUT2D eigenvalue weighted by atomic mass is 10.1. The van der Waals surface area contributed by atoms with Gasteiger partial charge in [0.1, 0.15) is 24.2 Å². The van der Waals surface area contributed by atoms with Gasteiger partial charge < -0.3 is 19.4 Å². The van der Waals surface area contributed by atoms with E-state index in [-0.39, 0.29) is 0 Å². The van der Waals surface area contributed by atoms with Crippen LogP contribution in [0.1, 0.15) is 69.8 Å². The fraction of sp³-hybridized carbons (Fsp3) is 0.310. The molecule has 1 rings (SSSR count). The van der Waals surface area contributed by atoms with E-state index in [9.17, 15) is 0 Å². The summed E-state index contributed by atoms with van der Waals surface area (Å²) in [6.45, 7) is 1.27. The van der Waals surface area contributed by atoms with Crippen molar-refractivity contribution in [1.82, 2.24) is 0 Å². The highest BCUT2D eigenvalue weighted by atomic mass is 16.5. The molecule has 0 bridgehead atoms. The second-order valence-corrected chi connectivity index (χ2v) is 9.00. The highest BCUT2D eigenvalue weighted by Crippen LogP contribution is 2.23. The topological polar surface area (TPSA) is 60.3 Å². The highest BCUT2D eigenvalue weighted by molar-refractivity contribution is 5.83. The maximum Gasteiger partial charge on any atom is 0.131 e. The van der Waals surface area contributed by atoms with E-state index in [1.165, 1.54) is 44.7 Å². The van der Waals surface area contributed by atoms with Gasteiger partial charge >= 0.3 is 0 Å². The summed E-state index contributed by atoms with van der Waals surface area (Å²) in [4.78, 5) is 0. The van der Waals surface area contributed by atoms with Gasteiger partial charge in [-0.25, -0.2) is 0 Å². The van der Waals surface area contributed by atoms with Crippen molar-refractivity contribution in [3.05, 3.63) is 23.8 Å². The van der Waals surface area contributed by atoms with Gasteiger partial charge in [-0.15, -0.1) is 6.42 Å². The lowest BCUT2D eigenvalue weighted by molar-refractivity contribution is 0.267. The Hall–Kier alpha value is -6.75. The van der Waals surface area contributed by atoms with E-state index in [1.807, 2.05) is 6.07 Å². The average molecular weight is 616 g/mol. The Balaban J connectivity index is 2.01. The number of hydrogen-bond donors (Lipinski definition) is 1. The van der Waals surface area contributed by atoms with Gasteiger partial charge in [0.05, 0.1) is 19.9 Å². The Kier molecular flexibility index (Phi) is 25.0. The largest absolute Gasteiger partial charge is 0.496 e. The van der Waals surface area contributed by atoms with E-state index in [0.29, 0.717) is 24.5 Å². The zero-order valence-corrected chi connectivity index (χ0v) is 26.5. The summed E-state index contributed by atoms with van der Waals surface area (Å²) in [5, 5.41) is 11.7. The number of benzene rings is 1. The summed E-state index contributed by atoms with van der Waals surface area (Å²) in [5.74, 6) is 51.3. The Labute approximate surface area is 281 Å². The van der Waals surface area contributed by atoms with E-state index in [1.54, 1.807) is 19.2 Å². The van der Waals surface area contributed by atoms with Crippen LogP contribution in [0.2, 0.25) is 0 Å². The van der Waals surface area contributed by atoms with Crippen LogP contribution in [0.5, 0.6) is 11.5 Å². The van der Waals surface area contributed by atoms with E-state index >= 15 is 0 Å². The molecule has 1 N–H and O–H groups in total. The molecule has 230 valence electrons. The molecule has 0 heterocycles. The van der Waals surface area contributed by atoms with E-state index in [2.05, 4.69) is 130 Å². The summed E-state index contributed by atoms with van der Waals surface area (Å²) in [6, 6.07) is 5.46. The van der Waals surface area contributed by atoms with Crippen molar-refractivity contribution in [2.24, 2.45) is 5.16 Å². The molecule has 0 aliphatic heterocycles. The Morgan fingerprint density at radius 2 is 1.02 bits per heavy atom. The van der Waals surface area contributed by atoms with Gasteiger partial charge in [-0.2, -0.15) is 0 Å². The van der Waals surface area contributed by atoms with Crippen LogP contribution in [-0.2, 0) is 4.74 Å². The van der Waals surface area contributed by atoms with Crippen LogP contribution in [0, 0.1) is 131 Å². The van der Waals surface area contributed by atoms with Crippen LogP contribution >= 0.6 is 0 Å². The van der Waals surface area contributed by atoms with Gasteiger partial charge in [-0.3, -0.25) is 0 Å². The van der Waals surface area contributed by atoms with Gasteiger partial charge in [0.25, 0.3) is 0 Å². The number of unbranched alkanes of at least 4 members (excludes halogenated alkanes) is 9. The van der Waals surface area contributed by atoms with Crippen molar-refractivity contribution >= 4 is 6.21 Å². The Morgan fingerprint density at radius 1 is 0.596 bits per heavy atom. The Morgan fingerprint density at radius 3 is 1.47 bits per heavy atom. The maximum atomic E-state index is 8.70. The van der Waals surface area contributed by atoms with Gasteiger partial charge in [0.2, 0.25) is 0 Å². The lowest BCUT2D eigenvalue weighted by Crippen LogP contribution is -1.99. The number of ether oxygens (including phenoxy) is 3. The Bertz CT molecular complexity index is 1860. The van der Waals surface area contributed by atoms with Crippen LogP contribution in [0.3, 0.4) is 0 Å². The van der Waals surface area contributed by atoms with Crippen LogP contribution in [-0.4, -0.2) is 31.7 Å². The molecule has 0 amide bonds.